The van der Waals surface area contributed by atoms with Crippen LogP contribution in [0.5, 0.6) is 0 Å². The van der Waals surface area contributed by atoms with Crippen LogP contribution in [0, 0.1) is 0 Å². The van der Waals surface area contributed by atoms with Gasteiger partial charge in [-0.25, -0.2) is 9.97 Å². The monoisotopic (exact) mass is 542 g/mol. The molecule has 200 valence electrons. The number of hydrogen-bond donors (Lipinski definition) is 1. The van der Waals surface area contributed by atoms with Crippen molar-refractivity contribution in [1.82, 2.24) is 14.5 Å². The van der Waals surface area contributed by atoms with Gasteiger partial charge >= 0.3 is 0 Å². The Balaban J connectivity index is 1.72. The Morgan fingerprint density at radius 3 is 2.46 bits per heavy atom. The van der Waals surface area contributed by atoms with Gasteiger partial charge in [0.2, 0.25) is 0 Å². The van der Waals surface area contributed by atoms with Gasteiger partial charge in [0.1, 0.15) is 30.0 Å². The van der Waals surface area contributed by atoms with Crippen LogP contribution < -0.4 is 5.32 Å². The molecule has 1 aliphatic rings. The quantitative estimate of drug-likeness (QED) is 0.261. The molecule has 1 N–H and O–H groups in total. The zero-order chi connectivity index (χ0) is 27.0. The minimum atomic E-state index is -2.15. The van der Waals surface area contributed by atoms with E-state index in [-0.39, 0.29) is 29.3 Å². The number of carbonyl (C=O) groups excluding carboxylic acids is 1. The molecule has 3 heterocycles. The van der Waals surface area contributed by atoms with E-state index < -0.39 is 22.7 Å². The van der Waals surface area contributed by atoms with Crippen LogP contribution in [-0.2, 0) is 13.7 Å². The standard InChI is InChI=1S/C27H39N4O4PSi/c1-9-20-21(34-36(5)6)22(35-37(7,8)27(2,3)4)26(33-20)31-16-15-19-23(28-17-29-24(19)31)30-25(32)18-13-11-10-12-14-18/h10-17,20-22,26H,9H2,1-8H3,(H,28,29,30,32)/t20-,21+,22?,26-/m1/s1. The molecule has 1 saturated heterocycles. The minimum absolute atomic E-state index is 0.0331. The molecule has 0 saturated carbocycles. The highest BCUT2D eigenvalue weighted by Gasteiger charge is 2.51. The van der Waals surface area contributed by atoms with E-state index >= 15 is 0 Å². The Hall–Kier alpha value is -2.16. The highest BCUT2D eigenvalue weighted by molar-refractivity contribution is 7.50. The van der Waals surface area contributed by atoms with Crippen molar-refractivity contribution in [3.8, 4) is 0 Å². The van der Waals surface area contributed by atoms with Crippen LogP contribution in [0.4, 0.5) is 5.82 Å². The number of anilines is 1. The molecule has 1 unspecified atom stereocenters. The maximum Gasteiger partial charge on any atom is 0.256 e. The fourth-order valence-corrected chi connectivity index (χ4v) is 6.35. The fourth-order valence-electron chi connectivity index (χ4n) is 4.32. The zero-order valence-corrected chi connectivity index (χ0v) is 25.0. The number of aromatic nitrogens is 3. The minimum Gasteiger partial charge on any atom is -0.407 e. The molecule has 4 rings (SSSR count). The predicted octanol–water partition coefficient (Wildman–Crippen LogP) is 6.42. The average molecular weight is 543 g/mol. The molecular weight excluding hydrogens is 503 g/mol. The van der Waals surface area contributed by atoms with Gasteiger partial charge in [-0.3, -0.25) is 4.79 Å². The second-order valence-corrected chi connectivity index (χ2v) is 17.8. The molecule has 2 aromatic heterocycles. The molecule has 0 spiro atoms. The summed E-state index contributed by atoms with van der Waals surface area (Å²) in [4.78, 5) is 21.8. The Morgan fingerprint density at radius 2 is 1.84 bits per heavy atom. The number of ether oxygens (including phenoxy) is 1. The normalized spacial score (nSPS) is 22.6. The van der Waals surface area contributed by atoms with E-state index in [0.717, 1.165) is 11.8 Å². The highest BCUT2D eigenvalue weighted by Crippen LogP contribution is 2.46. The van der Waals surface area contributed by atoms with Crippen molar-refractivity contribution in [3.63, 3.8) is 0 Å². The number of benzene rings is 1. The summed E-state index contributed by atoms with van der Waals surface area (Å²) >= 11 is 0. The first kappa shape index (κ1) is 27.9. The molecule has 8 nitrogen and oxygen atoms in total. The molecule has 0 bridgehead atoms. The Kier molecular flexibility index (Phi) is 8.21. The summed E-state index contributed by atoms with van der Waals surface area (Å²) < 4.78 is 22.1. The molecule has 37 heavy (non-hydrogen) atoms. The third-order valence-corrected chi connectivity index (χ3v) is 12.4. The van der Waals surface area contributed by atoms with Crippen LogP contribution in [0.15, 0.2) is 48.9 Å². The van der Waals surface area contributed by atoms with Crippen molar-refractivity contribution in [2.24, 2.45) is 0 Å². The van der Waals surface area contributed by atoms with Gasteiger partial charge in [0.15, 0.2) is 14.5 Å². The number of nitrogens with one attached hydrogen (secondary N) is 1. The summed E-state index contributed by atoms with van der Waals surface area (Å²) in [5.41, 5.74) is 1.25. The molecule has 1 aliphatic heterocycles. The molecule has 1 fully saturated rings. The van der Waals surface area contributed by atoms with E-state index in [0.29, 0.717) is 17.0 Å². The number of fused-ring (bicyclic) bond motifs is 1. The Morgan fingerprint density at radius 1 is 1.14 bits per heavy atom. The number of carbonyl (C=O) groups is 1. The number of hydrogen-bond acceptors (Lipinski definition) is 6. The smallest absolute Gasteiger partial charge is 0.256 e. The maximum atomic E-state index is 12.8. The van der Waals surface area contributed by atoms with Gasteiger partial charge in [0.05, 0.1) is 11.5 Å². The van der Waals surface area contributed by atoms with E-state index in [9.17, 15) is 4.79 Å². The first-order valence-corrected chi connectivity index (χ1v) is 17.8. The lowest BCUT2D eigenvalue weighted by Gasteiger charge is -2.41. The Labute approximate surface area is 222 Å². The molecule has 10 heteroatoms. The third kappa shape index (κ3) is 5.81. The van der Waals surface area contributed by atoms with Gasteiger partial charge in [-0.05, 0) is 56.1 Å². The summed E-state index contributed by atoms with van der Waals surface area (Å²) in [7, 11) is -2.77. The Bertz CT molecular complexity index is 1230. The van der Waals surface area contributed by atoms with E-state index in [2.05, 4.69) is 69.4 Å². The van der Waals surface area contributed by atoms with E-state index in [1.165, 1.54) is 6.33 Å². The predicted molar refractivity (Wildman–Crippen MR) is 152 cm³/mol. The molecule has 3 aromatic rings. The van der Waals surface area contributed by atoms with Crippen LogP contribution >= 0.6 is 8.15 Å². The lowest BCUT2D eigenvalue weighted by atomic mass is 10.1. The van der Waals surface area contributed by atoms with Gasteiger partial charge in [-0.15, -0.1) is 0 Å². The van der Waals surface area contributed by atoms with Gasteiger partial charge in [-0.1, -0.05) is 45.9 Å². The molecule has 4 atom stereocenters. The second-order valence-electron chi connectivity index (χ2n) is 11.2. The summed E-state index contributed by atoms with van der Waals surface area (Å²) in [5.74, 6) is 0.242. The van der Waals surface area contributed by atoms with Crippen LogP contribution in [0.3, 0.4) is 0 Å². The third-order valence-electron chi connectivity index (χ3n) is 7.31. The number of amides is 1. The van der Waals surface area contributed by atoms with E-state index in [1.54, 1.807) is 12.1 Å². The largest absolute Gasteiger partial charge is 0.407 e. The van der Waals surface area contributed by atoms with Gasteiger partial charge in [0.25, 0.3) is 5.91 Å². The maximum absolute atomic E-state index is 12.8. The summed E-state index contributed by atoms with van der Waals surface area (Å²) in [5, 5.41) is 3.71. The van der Waals surface area contributed by atoms with Gasteiger partial charge < -0.3 is 23.6 Å². The lowest BCUT2D eigenvalue weighted by molar-refractivity contribution is -0.0320. The van der Waals surface area contributed by atoms with Crippen molar-refractivity contribution in [3.05, 3.63) is 54.5 Å². The SMILES string of the molecule is CC[C@H]1O[C@@H](n2ccc3c(NC(=O)c4ccccc4)ncnc32)C(O[Si](C)(C)C(C)(C)C)[C@H]1OP(C)C. The van der Waals surface area contributed by atoms with Crippen molar-refractivity contribution >= 4 is 39.2 Å². The van der Waals surface area contributed by atoms with Crippen LogP contribution in [0.25, 0.3) is 11.0 Å². The molecule has 0 aliphatic carbocycles. The first-order valence-electron chi connectivity index (χ1n) is 12.8. The lowest BCUT2D eigenvalue weighted by Crippen LogP contribution is -2.48. The second kappa shape index (κ2) is 10.9. The topological polar surface area (TPSA) is 87.5 Å². The summed E-state index contributed by atoms with van der Waals surface area (Å²) in [6.45, 7) is 17.6. The average Bonchev–Trinajstić information content (AvgIpc) is 3.40. The zero-order valence-electron chi connectivity index (χ0n) is 23.1. The van der Waals surface area contributed by atoms with Crippen molar-refractivity contribution in [2.45, 2.75) is 76.8 Å². The summed E-state index contributed by atoms with van der Waals surface area (Å²) in [6.07, 6.45) is 3.25. The highest BCUT2D eigenvalue weighted by atomic mass is 31.1. The van der Waals surface area contributed by atoms with Crippen molar-refractivity contribution in [2.75, 3.05) is 18.6 Å². The van der Waals surface area contributed by atoms with Gasteiger partial charge in [0, 0.05) is 19.9 Å². The van der Waals surface area contributed by atoms with Crippen molar-refractivity contribution in [1.29, 1.82) is 0 Å². The fraction of sp³-hybridized carbons (Fsp3) is 0.519. The van der Waals surface area contributed by atoms with Crippen LogP contribution in [0.2, 0.25) is 18.1 Å². The number of nitrogens with zero attached hydrogens (tertiary/aromatic N) is 3. The summed E-state index contributed by atoms with van der Waals surface area (Å²) in [6, 6.07) is 11.0. The van der Waals surface area contributed by atoms with Gasteiger partial charge in [-0.2, -0.15) is 0 Å². The van der Waals surface area contributed by atoms with E-state index in [4.69, 9.17) is 13.7 Å². The van der Waals surface area contributed by atoms with Crippen LogP contribution in [0.1, 0.15) is 50.7 Å². The van der Waals surface area contributed by atoms with Crippen LogP contribution in [-0.4, -0.2) is 60.4 Å². The molecule has 1 amide bonds. The molecule has 1 aromatic carbocycles. The first-order chi connectivity index (χ1) is 17.4. The van der Waals surface area contributed by atoms with E-state index in [1.807, 2.05) is 35.0 Å². The molecule has 0 radical (unpaired) electrons. The molecular formula is C27H39N4O4PSi. The van der Waals surface area contributed by atoms with Crippen molar-refractivity contribution < 1.29 is 18.5 Å². The number of rotatable bonds is 8.